The van der Waals surface area contributed by atoms with Crippen molar-refractivity contribution < 1.29 is 38.0 Å². The lowest BCUT2D eigenvalue weighted by Crippen LogP contribution is -2.38. The van der Waals surface area contributed by atoms with Crippen molar-refractivity contribution in [3.05, 3.63) is 118 Å². The molecule has 4 aromatic rings. The van der Waals surface area contributed by atoms with E-state index in [-0.39, 0.29) is 11.8 Å². The minimum Gasteiger partial charge on any atom is -0.493 e. The maximum Gasteiger partial charge on any atom is 0.254 e. The smallest absolute Gasteiger partial charge is 0.254 e. The van der Waals surface area contributed by atoms with Crippen molar-refractivity contribution in [1.29, 1.82) is 0 Å². The number of benzene rings is 4. The second-order valence-corrected chi connectivity index (χ2v) is 16.9. The molecule has 12 nitrogen and oxygen atoms in total. The summed E-state index contributed by atoms with van der Waals surface area (Å²) in [4.78, 5) is 33.7. The molecule has 2 aliphatic heterocycles. The summed E-state index contributed by atoms with van der Waals surface area (Å²) in [6.45, 7) is 12.1. The van der Waals surface area contributed by atoms with E-state index in [0.717, 1.165) is 61.2 Å². The average Bonchev–Trinajstić information content (AvgIpc) is 4.06. The van der Waals surface area contributed by atoms with Crippen LogP contribution in [0, 0.1) is 0 Å². The number of hydrogen-bond acceptors (Lipinski definition) is 10. The molecule has 2 aliphatic rings. The highest BCUT2D eigenvalue weighted by atomic mass is 16.5. The summed E-state index contributed by atoms with van der Waals surface area (Å²) in [6.07, 6.45) is 10.9. The number of carbonyl (C=O) groups is 2. The van der Waals surface area contributed by atoms with Gasteiger partial charge in [0.25, 0.3) is 11.8 Å². The highest BCUT2D eigenvalue weighted by Gasteiger charge is 2.27. The molecule has 4 aromatic carbocycles. The summed E-state index contributed by atoms with van der Waals surface area (Å²) in [7, 11) is 9.36. The predicted octanol–water partition coefficient (Wildman–Crippen LogP) is 9.53. The van der Waals surface area contributed by atoms with E-state index in [1.54, 1.807) is 66.9 Å². The highest BCUT2D eigenvalue weighted by Crippen LogP contribution is 2.40. The SMILES string of the molecule is CCN1CCCC1CCN(C/C(C)=C/c1ccccc1)C(=O)c1cc(OC)c(OC)c(OC)c1.COc1cc(C(=O)N(CCC2CCCN2)C/C(C)=C/c2ccccc2)cc(OC)c1OC. The molecule has 0 bridgehead atoms. The molecule has 2 atom stereocenters. The van der Waals surface area contributed by atoms with Crippen LogP contribution in [0.25, 0.3) is 12.2 Å². The van der Waals surface area contributed by atoms with Crippen LogP contribution in [0.5, 0.6) is 34.5 Å². The van der Waals surface area contributed by atoms with Gasteiger partial charge in [-0.15, -0.1) is 0 Å². The quantitative estimate of drug-likeness (QED) is 0.0869. The van der Waals surface area contributed by atoms with Crippen molar-refractivity contribution in [1.82, 2.24) is 20.0 Å². The van der Waals surface area contributed by atoms with Crippen LogP contribution in [0.4, 0.5) is 0 Å². The third kappa shape index (κ3) is 14.3. The average molecular weight is 905 g/mol. The number of nitrogens with one attached hydrogen (secondary N) is 1. The standard InChI is InChI=1S/C28H38N2O4.C26H34N2O4/c1-6-29-15-10-13-24(29)14-16-30(20-21(2)17-22-11-8-7-9-12-22)28(31)23-18-25(32-3)27(34-5)26(19-23)33-4;1-19(15-20-9-6-5-7-10-20)18-28(14-12-22-11-8-13-27-22)26(29)21-16-23(30-2)25(32-4)24(17-21)31-3/h7-9,11-12,17-19,24H,6,10,13-16,20H2,1-5H3;5-7,9-10,15-17,22,27H,8,11-14,18H2,1-4H3/b21-17+;19-15+. The van der Waals surface area contributed by atoms with Crippen molar-refractivity contribution in [2.45, 2.75) is 71.4 Å². The molecule has 6 rings (SSSR count). The van der Waals surface area contributed by atoms with Crippen LogP contribution in [0.15, 0.2) is 96.1 Å². The zero-order chi connectivity index (χ0) is 47.4. The van der Waals surface area contributed by atoms with Gasteiger partial charge in [0.2, 0.25) is 11.5 Å². The summed E-state index contributed by atoms with van der Waals surface area (Å²) in [5.74, 6) is 2.79. The van der Waals surface area contributed by atoms with Crippen LogP contribution in [0.1, 0.15) is 91.1 Å². The Hall–Kier alpha value is -5.98. The monoisotopic (exact) mass is 905 g/mol. The first-order chi connectivity index (χ1) is 32.0. The molecule has 0 saturated carbocycles. The third-order valence-corrected chi connectivity index (χ3v) is 12.3. The van der Waals surface area contributed by atoms with Gasteiger partial charge in [-0.05, 0) is 107 Å². The van der Waals surface area contributed by atoms with Gasteiger partial charge in [-0.1, -0.05) is 90.9 Å². The molecule has 2 fully saturated rings. The molecule has 356 valence electrons. The van der Waals surface area contributed by atoms with Gasteiger partial charge in [-0.3, -0.25) is 9.59 Å². The van der Waals surface area contributed by atoms with E-state index in [1.165, 1.54) is 19.3 Å². The van der Waals surface area contributed by atoms with Gasteiger partial charge in [0.1, 0.15) is 0 Å². The lowest BCUT2D eigenvalue weighted by Gasteiger charge is -2.28. The summed E-state index contributed by atoms with van der Waals surface area (Å²) < 4.78 is 32.7. The van der Waals surface area contributed by atoms with Gasteiger partial charge in [-0.2, -0.15) is 0 Å². The van der Waals surface area contributed by atoms with E-state index in [0.29, 0.717) is 83.9 Å². The molecule has 2 amide bonds. The van der Waals surface area contributed by atoms with Crippen LogP contribution >= 0.6 is 0 Å². The molecule has 0 aromatic heterocycles. The van der Waals surface area contributed by atoms with Crippen molar-refractivity contribution >= 4 is 24.0 Å². The minimum atomic E-state index is -0.0527. The summed E-state index contributed by atoms with van der Waals surface area (Å²) in [5, 5.41) is 3.53. The number of ether oxygens (including phenoxy) is 6. The predicted molar refractivity (Wildman–Crippen MR) is 265 cm³/mol. The molecule has 0 aliphatic carbocycles. The van der Waals surface area contributed by atoms with Gasteiger partial charge < -0.3 is 48.4 Å². The first-order valence-electron chi connectivity index (χ1n) is 23.2. The molecule has 0 spiro atoms. The molecule has 2 unspecified atom stereocenters. The summed E-state index contributed by atoms with van der Waals surface area (Å²) >= 11 is 0. The lowest BCUT2D eigenvalue weighted by atomic mass is 10.1. The van der Waals surface area contributed by atoms with Crippen LogP contribution in [-0.4, -0.2) is 127 Å². The van der Waals surface area contributed by atoms with Crippen molar-refractivity contribution in [3.8, 4) is 34.5 Å². The number of nitrogens with zero attached hydrogens (tertiary/aromatic N) is 3. The normalized spacial score (nSPS) is 16.2. The van der Waals surface area contributed by atoms with E-state index >= 15 is 0 Å². The molecule has 66 heavy (non-hydrogen) atoms. The Morgan fingerprint density at radius 3 is 1.44 bits per heavy atom. The van der Waals surface area contributed by atoms with Crippen LogP contribution in [0.3, 0.4) is 0 Å². The van der Waals surface area contributed by atoms with E-state index in [2.05, 4.69) is 67.4 Å². The highest BCUT2D eigenvalue weighted by molar-refractivity contribution is 5.96. The number of rotatable bonds is 21. The fraction of sp³-hybridized carbons (Fsp3) is 0.444. The maximum atomic E-state index is 13.8. The van der Waals surface area contributed by atoms with Crippen LogP contribution in [-0.2, 0) is 0 Å². The van der Waals surface area contributed by atoms with Gasteiger partial charge in [-0.25, -0.2) is 0 Å². The number of amides is 2. The Morgan fingerprint density at radius 1 is 0.621 bits per heavy atom. The number of carbonyl (C=O) groups excluding carboxylic acids is 2. The molecule has 2 heterocycles. The van der Waals surface area contributed by atoms with Gasteiger partial charge >= 0.3 is 0 Å². The molecular formula is C54H72N4O8. The molecule has 12 heteroatoms. The molecular weight excluding hydrogens is 833 g/mol. The van der Waals surface area contributed by atoms with E-state index < -0.39 is 0 Å². The summed E-state index contributed by atoms with van der Waals surface area (Å²) in [6, 6.07) is 28.3. The maximum absolute atomic E-state index is 13.8. The zero-order valence-corrected chi connectivity index (χ0v) is 40.7. The molecule has 2 saturated heterocycles. The first-order valence-corrected chi connectivity index (χ1v) is 23.2. The van der Waals surface area contributed by atoms with Crippen LogP contribution in [0.2, 0.25) is 0 Å². The molecule has 0 radical (unpaired) electrons. The third-order valence-electron chi connectivity index (χ3n) is 12.3. The Kier molecular flexibility index (Phi) is 20.3. The fourth-order valence-corrected chi connectivity index (χ4v) is 8.90. The molecule has 1 N–H and O–H groups in total. The second kappa shape index (κ2) is 26.2. The van der Waals surface area contributed by atoms with E-state index in [4.69, 9.17) is 28.4 Å². The number of hydrogen-bond donors (Lipinski definition) is 1. The Labute approximate surface area is 393 Å². The van der Waals surface area contributed by atoms with Crippen molar-refractivity contribution in [2.24, 2.45) is 0 Å². The topological polar surface area (TPSA) is 111 Å². The largest absolute Gasteiger partial charge is 0.493 e. The van der Waals surface area contributed by atoms with Gasteiger partial charge in [0, 0.05) is 49.4 Å². The Morgan fingerprint density at radius 2 is 1.06 bits per heavy atom. The van der Waals surface area contributed by atoms with E-state index in [9.17, 15) is 9.59 Å². The minimum absolute atomic E-state index is 0.0406. The Bertz CT molecular complexity index is 2160. The fourth-order valence-electron chi connectivity index (χ4n) is 8.90. The second-order valence-electron chi connectivity index (χ2n) is 16.9. The van der Waals surface area contributed by atoms with Crippen molar-refractivity contribution in [3.63, 3.8) is 0 Å². The van der Waals surface area contributed by atoms with Gasteiger partial charge in [0.15, 0.2) is 23.0 Å². The van der Waals surface area contributed by atoms with Gasteiger partial charge in [0.05, 0.1) is 42.7 Å². The number of likely N-dealkylation sites (tertiary alicyclic amines) is 1. The van der Waals surface area contributed by atoms with E-state index in [1.807, 2.05) is 46.2 Å². The Balaban J connectivity index is 0.000000248. The summed E-state index contributed by atoms with van der Waals surface area (Å²) in [5.41, 5.74) is 5.56. The first kappa shape index (κ1) is 51.0. The van der Waals surface area contributed by atoms with Crippen LogP contribution < -0.4 is 33.7 Å². The lowest BCUT2D eigenvalue weighted by molar-refractivity contribution is 0.0750. The van der Waals surface area contributed by atoms with Crippen molar-refractivity contribution in [2.75, 3.05) is 88.5 Å². The number of methoxy groups -OCH3 is 6. The zero-order valence-electron chi connectivity index (χ0n) is 40.7.